The third kappa shape index (κ3) is 2.03. The zero-order chi connectivity index (χ0) is 12.6. The van der Waals surface area contributed by atoms with Gasteiger partial charge >= 0.3 is 5.69 Å². The number of aromatic amines is 1. The van der Waals surface area contributed by atoms with Gasteiger partial charge in [0.1, 0.15) is 6.10 Å². The standard InChI is InChI=1S/C10H13FN2O4/c1-2-5-8(15)7(11)9(17-5)13-4-3-6(14)12-10(13)16/h3-5,7-9,15H,2H2,1H3,(H,12,14,16)/t5-,7?,8+,9-/m1/s1. The van der Waals surface area contributed by atoms with Crippen molar-refractivity contribution in [3.8, 4) is 0 Å². The molecule has 0 aromatic carbocycles. The van der Waals surface area contributed by atoms with E-state index in [2.05, 4.69) is 0 Å². The van der Waals surface area contributed by atoms with Crippen LogP contribution in [-0.4, -0.2) is 33.0 Å². The number of hydrogen-bond acceptors (Lipinski definition) is 4. The van der Waals surface area contributed by atoms with Gasteiger partial charge in [0.25, 0.3) is 5.56 Å². The zero-order valence-corrected chi connectivity index (χ0v) is 9.17. The largest absolute Gasteiger partial charge is 0.387 e. The number of rotatable bonds is 2. The molecular weight excluding hydrogens is 231 g/mol. The third-order valence-corrected chi connectivity index (χ3v) is 2.82. The van der Waals surface area contributed by atoms with E-state index in [-0.39, 0.29) is 0 Å². The minimum absolute atomic E-state index is 0.441. The van der Waals surface area contributed by atoms with E-state index in [9.17, 15) is 19.1 Å². The lowest BCUT2D eigenvalue weighted by Crippen LogP contribution is -2.35. The second kappa shape index (κ2) is 4.42. The lowest BCUT2D eigenvalue weighted by Gasteiger charge is -2.15. The van der Waals surface area contributed by atoms with Gasteiger partial charge in [0.15, 0.2) is 12.4 Å². The second-order valence-electron chi connectivity index (χ2n) is 3.93. The van der Waals surface area contributed by atoms with Gasteiger partial charge in [-0.3, -0.25) is 14.3 Å². The molecule has 94 valence electrons. The van der Waals surface area contributed by atoms with Crippen LogP contribution in [0.2, 0.25) is 0 Å². The van der Waals surface area contributed by atoms with Gasteiger partial charge in [0.05, 0.1) is 6.10 Å². The molecule has 17 heavy (non-hydrogen) atoms. The normalized spacial score (nSPS) is 32.9. The highest BCUT2D eigenvalue weighted by molar-refractivity contribution is 4.92. The van der Waals surface area contributed by atoms with Crippen LogP contribution in [0.1, 0.15) is 19.6 Å². The van der Waals surface area contributed by atoms with Gasteiger partial charge in [-0.2, -0.15) is 0 Å². The van der Waals surface area contributed by atoms with Crippen molar-refractivity contribution in [1.82, 2.24) is 9.55 Å². The fourth-order valence-electron chi connectivity index (χ4n) is 1.89. The molecule has 1 unspecified atom stereocenters. The molecule has 1 fully saturated rings. The highest BCUT2D eigenvalue weighted by Crippen LogP contribution is 2.31. The fourth-order valence-corrected chi connectivity index (χ4v) is 1.89. The predicted molar refractivity (Wildman–Crippen MR) is 56.4 cm³/mol. The zero-order valence-electron chi connectivity index (χ0n) is 9.17. The van der Waals surface area contributed by atoms with E-state index in [0.717, 1.165) is 16.8 Å². The molecule has 4 atom stereocenters. The van der Waals surface area contributed by atoms with E-state index in [1.807, 2.05) is 4.98 Å². The monoisotopic (exact) mass is 244 g/mol. The molecule has 1 aliphatic rings. The van der Waals surface area contributed by atoms with Gasteiger partial charge in [-0.25, -0.2) is 9.18 Å². The third-order valence-electron chi connectivity index (χ3n) is 2.82. The molecule has 0 aliphatic carbocycles. The number of H-pyrrole nitrogens is 1. The average Bonchev–Trinajstić information content (AvgIpc) is 2.57. The summed E-state index contributed by atoms with van der Waals surface area (Å²) >= 11 is 0. The summed E-state index contributed by atoms with van der Waals surface area (Å²) in [5.41, 5.74) is -1.32. The number of nitrogens with zero attached hydrogens (tertiary/aromatic N) is 1. The Balaban J connectivity index is 2.35. The lowest BCUT2D eigenvalue weighted by molar-refractivity contribution is -0.0280. The van der Waals surface area contributed by atoms with E-state index in [4.69, 9.17) is 4.74 Å². The number of alkyl halides is 1. The van der Waals surface area contributed by atoms with Gasteiger partial charge in [0, 0.05) is 12.3 Å². The Hall–Kier alpha value is -1.47. The first-order valence-corrected chi connectivity index (χ1v) is 5.33. The van der Waals surface area contributed by atoms with Crippen LogP contribution >= 0.6 is 0 Å². The Kier molecular flexibility index (Phi) is 3.12. The Morgan fingerprint density at radius 1 is 1.59 bits per heavy atom. The summed E-state index contributed by atoms with van der Waals surface area (Å²) < 4.78 is 20.0. The maximum absolute atomic E-state index is 13.8. The van der Waals surface area contributed by atoms with Crippen LogP contribution in [0, 0.1) is 0 Å². The second-order valence-corrected chi connectivity index (χ2v) is 3.93. The highest BCUT2D eigenvalue weighted by Gasteiger charge is 2.44. The van der Waals surface area contributed by atoms with Gasteiger partial charge in [0.2, 0.25) is 0 Å². The molecule has 7 heteroatoms. The topological polar surface area (TPSA) is 84.3 Å². The van der Waals surface area contributed by atoms with Crippen LogP contribution in [0.15, 0.2) is 21.9 Å². The summed E-state index contributed by atoms with van der Waals surface area (Å²) in [6.07, 6.45) is -3.19. The number of aliphatic hydroxyl groups excluding tert-OH is 1. The molecule has 0 saturated carbocycles. The van der Waals surface area contributed by atoms with Crippen molar-refractivity contribution in [3.05, 3.63) is 33.1 Å². The Labute approximate surface area is 95.7 Å². The van der Waals surface area contributed by atoms with E-state index in [1.54, 1.807) is 6.92 Å². The van der Waals surface area contributed by atoms with Gasteiger partial charge in [-0.05, 0) is 6.42 Å². The predicted octanol–water partition coefficient (Wildman–Crippen LogP) is -0.457. The van der Waals surface area contributed by atoms with Crippen LogP contribution in [-0.2, 0) is 4.74 Å². The molecule has 2 heterocycles. The molecule has 0 radical (unpaired) electrons. The average molecular weight is 244 g/mol. The summed E-state index contributed by atoms with van der Waals surface area (Å²) in [7, 11) is 0. The van der Waals surface area contributed by atoms with Crippen molar-refractivity contribution >= 4 is 0 Å². The molecule has 0 spiro atoms. The van der Waals surface area contributed by atoms with E-state index >= 15 is 0 Å². The molecule has 6 nitrogen and oxygen atoms in total. The summed E-state index contributed by atoms with van der Waals surface area (Å²) in [6.45, 7) is 1.75. The first-order valence-electron chi connectivity index (χ1n) is 5.33. The van der Waals surface area contributed by atoms with Crippen LogP contribution in [0.3, 0.4) is 0 Å². The van der Waals surface area contributed by atoms with Crippen LogP contribution in [0.4, 0.5) is 4.39 Å². The van der Waals surface area contributed by atoms with Gasteiger partial charge in [-0.1, -0.05) is 6.92 Å². The minimum Gasteiger partial charge on any atom is -0.387 e. The van der Waals surface area contributed by atoms with Crippen molar-refractivity contribution in [1.29, 1.82) is 0 Å². The number of hydrogen-bond donors (Lipinski definition) is 2. The number of halogens is 1. The Morgan fingerprint density at radius 2 is 2.29 bits per heavy atom. The SMILES string of the molecule is CC[C@H]1O[C@@H](n2ccc(=O)[nH]c2=O)C(F)[C@H]1O. The maximum atomic E-state index is 13.8. The van der Waals surface area contributed by atoms with Crippen LogP contribution in [0.5, 0.6) is 0 Å². The number of nitrogens with one attached hydrogen (secondary N) is 1. The molecule has 0 bridgehead atoms. The molecule has 2 rings (SSSR count). The minimum atomic E-state index is -1.69. The molecule has 2 N–H and O–H groups in total. The van der Waals surface area contributed by atoms with Gasteiger partial charge in [-0.15, -0.1) is 0 Å². The maximum Gasteiger partial charge on any atom is 0.330 e. The van der Waals surface area contributed by atoms with E-state index in [1.165, 1.54) is 0 Å². The molecular formula is C10H13FN2O4. The van der Waals surface area contributed by atoms with Crippen LogP contribution in [0.25, 0.3) is 0 Å². The van der Waals surface area contributed by atoms with E-state index in [0.29, 0.717) is 6.42 Å². The molecule has 1 aliphatic heterocycles. The van der Waals surface area contributed by atoms with Crippen molar-refractivity contribution < 1.29 is 14.2 Å². The van der Waals surface area contributed by atoms with Gasteiger partial charge < -0.3 is 9.84 Å². The molecule has 0 amide bonds. The summed E-state index contributed by atoms with van der Waals surface area (Å²) in [4.78, 5) is 24.3. The smallest absolute Gasteiger partial charge is 0.330 e. The Bertz CT molecular complexity index is 512. The van der Waals surface area contributed by atoms with Crippen molar-refractivity contribution in [2.75, 3.05) is 0 Å². The number of aromatic nitrogens is 2. The van der Waals surface area contributed by atoms with E-state index < -0.39 is 35.9 Å². The number of ether oxygens (including phenoxy) is 1. The van der Waals surface area contributed by atoms with Crippen molar-refractivity contribution in [3.63, 3.8) is 0 Å². The number of aliphatic hydroxyl groups is 1. The lowest BCUT2D eigenvalue weighted by atomic mass is 10.1. The quantitative estimate of drug-likeness (QED) is 0.737. The Morgan fingerprint density at radius 3 is 2.82 bits per heavy atom. The summed E-state index contributed by atoms with van der Waals surface area (Å²) in [5.74, 6) is 0. The van der Waals surface area contributed by atoms with Crippen molar-refractivity contribution in [2.45, 2.75) is 38.0 Å². The van der Waals surface area contributed by atoms with Crippen molar-refractivity contribution in [2.24, 2.45) is 0 Å². The summed E-state index contributed by atoms with van der Waals surface area (Å²) in [5, 5.41) is 9.55. The fraction of sp³-hybridized carbons (Fsp3) is 0.600. The summed E-state index contributed by atoms with van der Waals surface area (Å²) in [6, 6.07) is 1.10. The molecule has 1 saturated heterocycles. The first kappa shape index (κ1) is 12.0. The highest BCUT2D eigenvalue weighted by atomic mass is 19.1. The molecule has 1 aromatic rings. The molecule has 1 aromatic heterocycles. The van der Waals surface area contributed by atoms with Crippen LogP contribution < -0.4 is 11.2 Å². The first-order chi connectivity index (χ1) is 8.04.